The van der Waals surface area contributed by atoms with Gasteiger partial charge in [0, 0.05) is 13.1 Å². The molecular formula is C22H26N4O4. The number of amides is 3. The number of carbonyl (C=O) groups excluding carboxylic acids is 3. The molecule has 0 spiro atoms. The minimum atomic E-state index is -0.839. The molecule has 0 bridgehead atoms. The molecule has 0 aliphatic rings. The Morgan fingerprint density at radius 2 is 1.77 bits per heavy atom. The largest absolute Gasteiger partial charge is 0.484 e. The molecule has 2 aromatic rings. The molecule has 158 valence electrons. The van der Waals surface area contributed by atoms with Crippen molar-refractivity contribution in [1.29, 1.82) is 0 Å². The average Bonchev–Trinajstić information content (AvgIpc) is 2.75. The van der Waals surface area contributed by atoms with Gasteiger partial charge in [0.2, 0.25) is 0 Å². The Bertz CT molecular complexity index is 882. The van der Waals surface area contributed by atoms with Crippen LogP contribution in [0.3, 0.4) is 0 Å². The van der Waals surface area contributed by atoms with Gasteiger partial charge in [-0.25, -0.2) is 5.43 Å². The molecule has 2 rings (SSSR count). The first-order valence-corrected chi connectivity index (χ1v) is 9.58. The Morgan fingerprint density at radius 1 is 1.00 bits per heavy atom. The molecule has 0 unspecified atom stereocenters. The summed E-state index contributed by atoms with van der Waals surface area (Å²) >= 11 is 0. The summed E-state index contributed by atoms with van der Waals surface area (Å²) in [6.07, 6.45) is 1.38. The highest BCUT2D eigenvalue weighted by atomic mass is 16.5. The molecule has 0 aliphatic carbocycles. The van der Waals surface area contributed by atoms with E-state index in [0.29, 0.717) is 24.4 Å². The van der Waals surface area contributed by atoms with E-state index in [0.717, 1.165) is 5.56 Å². The number of carbonyl (C=O) groups is 3. The first-order chi connectivity index (χ1) is 14.4. The van der Waals surface area contributed by atoms with Gasteiger partial charge in [-0.2, -0.15) is 5.10 Å². The van der Waals surface area contributed by atoms with Gasteiger partial charge in [0.15, 0.2) is 6.61 Å². The van der Waals surface area contributed by atoms with Crippen LogP contribution in [0.1, 0.15) is 25.0 Å². The van der Waals surface area contributed by atoms with Crippen LogP contribution < -0.4 is 20.8 Å². The van der Waals surface area contributed by atoms with Gasteiger partial charge >= 0.3 is 11.8 Å². The van der Waals surface area contributed by atoms with Crippen molar-refractivity contribution in [1.82, 2.24) is 16.1 Å². The molecule has 8 heteroatoms. The summed E-state index contributed by atoms with van der Waals surface area (Å²) in [5.74, 6) is -1.09. The van der Waals surface area contributed by atoms with Crippen molar-refractivity contribution in [2.24, 2.45) is 11.0 Å². The monoisotopic (exact) mass is 410 g/mol. The highest BCUT2D eigenvalue weighted by molar-refractivity contribution is 6.35. The van der Waals surface area contributed by atoms with Gasteiger partial charge < -0.3 is 15.4 Å². The second kappa shape index (κ2) is 12.0. The molecule has 30 heavy (non-hydrogen) atoms. The average molecular weight is 410 g/mol. The van der Waals surface area contributed by atoms with Crippen LogP contribution in [0, 0.1) is 5.92 Å². The van der Waals surface area contributed by atoms with Gasteiger partial charge in [0.25, 0.3) is 5.91 Å². The maximum absolute atomic E-state index is 11.9. The van der Waals surface area contributed by atoms with Crippen molar-refractivity contribution in [3.63, 3.8) is 0 Å². The normalized spacial score (nSPS) is 10.6. The van der Waals surface area contributed by atoms with Crippen LogP contribution in [0.4, 0.5) is 0 Å². The molecule has 0 atom stereocenters. The van der Waals surface area contributed by atoms with Crippen LogP contribution in [0.5, 0.6) is 5.75 Å². The Balaban J connectivity index is 1.77. The Labute approximate surface area is 175 Å². The fourth-order valence-electron chi connectivity index (χ4n) is 2.27. The number of ether oxygens (including phenoxy) is 1. The molecule has 2 aromatic carbocycles. The first-order valence-electron chi connectivity index (χ1n) is 9.58. The number of nitrogens with zero attached hydrogens (tertiary/aromatic N) is 1. The lowest BCUT2D eigenvalue weighted by molar-refractivity contribution is -0.139. The number of hydrogen-bond acceptors (Lipinski definition) is 5. The summed E-state index contributed by atoms with van der Waals surface area (Å²) in [6, 6.07) is 16.4. The summed E-state index contributed by atoms with van der Waals surface area (Å²) in [5, 5.41) is 9.06. The lowest BCUT2D eigenvalue weighted by Crippen LogP contribution is -2.39. The van der Waals surface area contributed by atoms with Crippen LogP contribution in [0.15, 0.2) is 59.7 Å². The fourth-order valence-corrected chi connectivity index (χ4v) is 2.27. The topological polar surface area (TPSA) is 109 Å². The van der Waals surface area contributed by atoms with E-state index in [2.05, 4.69) is 21.2 Å². The van der Waals surface area contributed by atoms with Crippen LogP contribution in [-0.4, -0.2) is 37.1 Å². The molecular weight excluding hydrogens is 384 g/mol. The van der Waals surface area contributed by atoms with E-state index in [1.54, 1.807) is 24.3 Å². The van der Waals surface area contributed by atoms with Gasteiger partial charge in [-0.1, -0.05) is 56.3 Å². The quantitative estimate of drug-likeness (QED) is 0.331. The van der Waals surface area contributed by atoms with Crippen LogP contribution >= 0.6 is 0 Å². The maximum atomic E-state index is 11.9. The van der Waals surface area contributed by atoms with E-state index in [-0.39, 0.29) is 18.4 Å². The zero-order valence-corrected chi connectivity index (χ0v) is 17.1. The van der Waals surface area contributed by atoms with Crippen molar-refractivity contribution in [3.8, 4) is 5.75 Å². The molecule has 8 nitrogen and oxygen atoms in total. The van der Waals surface area contributed by atoms with Crippen molar-refractivity contribution in [3.05, 3.63) is 65.7 Å². The Hall–Kier alpha value is -3.68. The molecule has 0 fully saturated rings. The third-order valence-corrected chi connectivity index (χ3v) is 3.82. The SMILES string of the molecule is CC(C)CNC(=O)C(=O)N/N=C\c1cccc(OCC(=O)NCc2ccccc2)c1. The molecule has 0 radical (unpaired) electrons. The van der Waals surface area contributed by atoms with E-state index >= 15 is 0 Å². The van der Waals surface area contributed by atoms with Crippen LogP contribution in [-0.2, 0) is 20.9 Å². The third kappa shape index (κ3) is 8.55. The predicted molar refractivity (Wildman–Crippen MR) is 114 cm³/mol. The highest BCUT2D eigenvalue weighted by Gasteiger charge is 2.12. The molecule has 0 aliphatic heterocycles. The van der Waals surface area contributed by atoms with Crippen molar-refractivity contribution >= 4 is 23.9 Å². The minimum Gasteiger partial charge on any atom is -0.484 e. The van der Waals surface area contributed by atoms with Crippen molar-refractivity contribution in [2.45, 2.75) is 20.4 Å². The number of hydrogen-bond donors (Lipinski definition) is 3. The summed E-state index contributed by atoms with van der Waals surface area (Å²) in [5.41, 5.74) is 3.81. The van der Waals surface area contributed by atoms with E-state index in [4.69, 9.17) is 4.74 Å². The number of benzene rings is 2. The minimum absolute atomic E-state index is 0.125. The molecule has 3 N–H and O–H groups in total. The molecule has 0 heterocycles. The van der Waals surface area contributed by atoms with Gasteiger partial charge in [-0.05, 0) is 29.2 Å². The second-order valence-corrected chi connectivity index (χ2v) is 6.93. The van der Waals surface area contributed by atoms with E-state index in [9.17, 15) is 14.4 Å². The van der Waals surface area contributed by atoms with Gasteiger partial charge in [-0.15, -0.1) is 0 Å². The first kappa shape index (κ1) is 22.6. The fraction of sp³-hybridized carbons (Fsp3) is 0.273. The third-order valence-electron chi connectivity index (χ3n) is 3.82. The molecule has 0 saturated heterocycles. The zero-order valence-electron chi connectivity index (χ0n) is 17.1. The van der Waals surface area contributed by atoms with E-state index in [1.807, 2.05) is 44.2 Å². The van der Waals surface area contributed by atoms with E-state index < -0.39 is 11.8 Å². The number of nitrogens with one attached hydrogen (secondary N) is 3. The van der Waals surface area contributed by atoms with Crippen molar-refractivity contribution in [2.75, 3.05) is 13.2 Å². The van der Waals surface area contributed by atoms with Crippen molar-refractivity contribution < 1.29 is 19.1 Å². The molecule has 0 saturated carbocycles. The second-order valence-electron chi connectivity index (χ2n) is 6.93. The summed E-state index contributed by atoms with van der Waals surface area (Å²) in [6.45, 7) is 4.57. The predicted octanol–water partition coefficient (Wildman–Crippen LogP) is 1.60. The van der Waals surface area contributed by atoms with Gasteiger partial charge in [0.05, 0.1) is 6.21 Å². The lowest BCUT2D eigenvalue weighted by Gasteiger charge is -2.08. The van der Waals surface area contributed by atoms with Crippen LogP contribution in [0.2, 0.25) is 0 Å². The Kier molecular flexibility index (Phi) is 9.05. The summed E-state index contributed by atoms with van der Waals surface area (Å²) < 4.78 is 5.49. The zero-order chi connectivity index (χ0) is 21.8. The summed E-state index contributed by atoms with van der Waals surface area (Å²) in [7, 11) is 0. The molecule has 3 amide bonds. The highest BCUT2D eigenvalue weighted by Crippen LogP contribution is 2.11. The number of hydrazone groups is 1. The maximum Gasteiger partial charge on any atom is 0.329 e. The van der Waals surface area contributed by atoms with E-state index in [1.165, 1.54) is 6.21 Å². The standard InChI is InChI=1S/C22H26N4O4/c1-16(2)12-24-21(28)22(29)26-25-14-18-9-6-10-19(11-18)30-15-20(27)23-13-17-7-4-3-5-8-17/h3-11,14,16H,12-13,15H2,1-2H3,(H,23,27)(H,24,28)(H,26,29)/b25-14-. The Morgan fingerprint density at radius 3 is 2.50 bits per heavy atom. The summed E-state index contributed by atoms with van der Waals surface area (Å²) in [4.78, 5) is 35.2. The molecule has 0 aromatic heterocycles. The van der Waals surface area contributed by atoms with Gasteiger partial charge in [-0.3, -0.25) is 14.4 Å². The number of rotatable bonds is 9. The van der Waals surface area contributed by atoms with Gasteiger partial charge in [0.1, 0.15) is 5.75 Å². The lowest BCUT2D eigenvalue weighted by atomic mass is 10.2. The smallest absolute Gasteiger partial charge is 0.329 e. The van der Waals surface area contributed by atoms with Crippen LogP contribution in [0.25, 0.3) is 0 Å².